The Morgan fingerprint density at radius 3 is 3.07 bits per heavy atom. The molecule has 1 N–H and O–H groups in total. The van der Waals surface area contributed by atoms with E-state index in [9.17, 15) is 4.79 Å². The highest BCUT2D eigenvalue weighted by Crippen LogP contribution is 2.26. The fourth-order valence-corrected chi connectivity index (χ4v) is 2.69. The zero-order chi connectivity index (χ0) is 10.1. The van der Waals surface area contributed by atoms with Crippen LogP contribution in [0.15, 0.2) is 22.1 Å². The fraction of sp³-hybridized carbons (Fsp3) is 0.111. The van der Waals surface area contributed by atoms with Crippen LogP contribution in [0.1, 0.15) is 5.56 Å². The molecule has 2 aromatic rings. The van der Waals surface area contributed by atoms with Crippen molar-refractivity contribution in [2.45, 2.75) is 6.42 Å². The van der Waals surface area contributed by atoms with Crippen molar-refractivity contribution >= 4 is 43.5 Å². The largest absolute Gasteiger partial charge is 0.481 e. The minimum absolute atomic E-state index is 0.0610. The summed E-state index contributed by atoms with van der Waals surface area (Å²) in [6, 6.07) is 5.50. The number of benzene rings is 1. The zero-order valence-corrected chi connectivity index (χ0v) is 9.43. The van der Waals surface area contributed by atoms with Crippen molar-refractivity contribution in [3.63, 3.8) is 0 Å². The summed E-state index contributed by atoms with van der Waals surface area (Å²) in [6.07, 6.45) is 0.0610. The van der Waals surface area contributed by atoms with E-state index in [0.29, 0.717) is 0 Å². The molecule has 72 valence electrons. The van der Waals surface area contributed by atoms with Crippen molar-refractivity contribution in [2.24, 2.45) is 0 Å². The maximum absolute atomic E-state index is 10.5. The molecule has 0 radical (unpaired) electrons. The number of aliphatic carboxylic acids is 1. The molecule has 14 heavy (non-hydrogen) atoms. The van der Waals surface area contributed by atoms with Gasteiger partial charge in [-0.15, -0.1) is 11.3 Å². The van der Waals surface area contributed by atoms with Crippen LogP contribution in [0.25, 0.3) is 10.2 Å². The predicted molar refractivity (Wildman–Crippen MR) is 58.7 cm³/mol. The number of fused-ring (bicyclic) bond motifs is 1. The third-order valence-corrected chi connectivity index (χ3v) is 3.25. The van der Waals surface area contributed by atoms with Crippen LogP contribution in [0, 0.1) is 0 Å². The van der Waals surface area contributed by atoms with Gasteiger partial charge in [-0.1, -0.05) is 6.07 Å². The molecular weight excluding hydrogens is 266 g/mol. The lowest BCUT2D eigenvalue weighted by Gasteiger charge is -1.95. The van der Waals surface area contributed by atoms with Crippen LogP contribution in [0.3, 0.4) is 0 Å². The zero-order valence-electron chi connectivity index (χ0n) is 7.03. The van der Waals surface area contributed by atoms with Gasteiger partial charge in [0.05, 0.1) is 16.6 Å². The van der Waals surface area contributed by atoms with Gasteiger partial charge in [0, 0.05) is 0 Å². The number of rotatable bonds is 2. The quantitative estimate of drug-likeness (QED) is 0.914. The van der Waals surface area contributed by atoms with Gasteiger partial charge in [0.15, 0.2) is 3.92 Å². The highest BCUT2D eigenvalue weighted by atomic mass is 79.9. The Bertz CT molecular complexity index is 495. The molecule has 0 unspecified atom stereocenters. The minimum atomic E-state index is -0.812. The normalized spacial score (nSPS) is 10.6. The molecule has 0 atom stereocenters. The summed E-state index contributed by atoms with van der Waals surface area (Å²) in [4.78, 5) is 14.7. The van der Waals surface area contributed by atoms with Crippen LogP contribution in [-0.4, -0.2) is 16.1 Å². The minimum Gasteiger partial charge on any atom is -0.481 e. The first kappa shape index (κ1) is 9.61. The van der Waals surface area contributed by atoms with Crippen molar-refractivity contribution in [3.05, 3.63) is 27.7 Å². The fourth-order valence-electron chi connectivity index (χ4n) is 1.23. The van der Waals surface area contributed by atoms with Gasteiger partial charge in [0.1, 0.15) is 0 Å². The van der Waals surface area contributed by atoms with E-state index < -0.39 is 5.97 Å². The van der Waals surface area contributed by atoms with E-state index in [0.717, 1.165) is 19.7 Å². The summed E-state index contributed by atoms with van der Waals surface area (Å²) in [5, 5.41) is 8.62. The van der Waals surface area contributed by atoms with Crippen LogP contribution in [0.2, 0.25) is 0 Å². The lowest BCUT2D eigenvalue weighted by Crippen LogP contribution is -1.99. The molecule has 5 heteroatoms. The molecule has 0 aliphatic heterocycles. The second-order valence-electron chi connectivity index (χ2n) is 2.84. The van der Waals surface area contributed by atoms with Crippen molar-refractivity contribution in [1.29, 1.82) is 0 Å². The van der Waals surface area contributed by atoms with Crippen LogP contribution >= 0.6 is 27.3 Å². The van der Waals surface area contributed by atoms with Crippen molar-refractivity contribution in [3.8, 4) is 0 Å². The van der Waals surface area contributed by atoms with E-state index in [4.69, 9.17) is 5.11 Å². The van der Waals surface area contributed by atoms with E-state index >= 15 is 0 Å². The average Bonchev–Trinajstić information content (AvgIpc) is 2.42. The number of halogens is 1. The molecule has 1 aromatic carbocycles. The van der Waals surface area contributed by atoms with Gasteiger partial charge in [0.2, 0.25) is 0 Å². The van der Waals surface area contributed by atoms with Crippen LogP contribution in [-0.2, 0) is 11.2 Å². The number of carbonyl (C=O) groups is 1. The summed E-state index contributed by atoms with van der Waals surface area (Å²) in [7, 11) is 0. The first-order chi connectivity index (χ1) is 6.65. The molecule has 0 fully saturated rings. The molecule has 0 aliphatic rings. The summed E-state index contributed by atoms with van der Waals surface area (Å²) in [5.74, 6) is -0.812. The van der Waals surface area contributed by atoms with Gasteiger partial charge >= 0.3 is 5.97 Å². The number of carboxylic acid groups (broad SMARTS) is 1. The lowest BCUT2D eigenvalue weighted by molar-refractivity contribution is -0.136. The Balaban J connectivity index is 2.45. The Morgan fingerprint density at radius 1 is 1.57 bits per heavy atom. The first-order valence-electron chi connectivity index (χ1n) is 3.92. The van der Waals surface area contributed by atoms with Gasteiger partial charge in [-0.2, -0.15) is 0 Å². The van der Waals surface area contributed by atoms with E-state index in [-0.39, 0.29) is 6.42 Å². The van der Waals surface area contributed by atoms with Crippen LogP contribution < -0.4 is 0 Å². The molecule has 0 spiro atoms. The highest BCUT2D eigenvalue weighted by Gasteiger charge is 2.04. The summed E-state index contributed by atoms with van der Waals surface area (Å²) in [6.45, 7) is 0. The molecule has 0 amide bonds. The number of thiazole rings is 1. The number of nitrogens with zero attached hydrogens (tertiary/aromatic N) is 1. The summed E-state index contributed by atoms with van der Waals surface area (Å²) < 4.78 is 1.83. The predicted octanol–water partition coefficient (Wildman–Crippen LogP) is 2.69. The highest BCUT2D eigenvalue weighted by molar-refractivity contribution is 9.11. The molecular formula is C9H6BrNO2S. The third-order valence-electron chi connectivity index (χ3n) is 1.78. The molecule has 1 aromatic heterocycles. The first-order valence-corrected chi connectivity index (χ1v) is 5.53. The summed E-state index contributed by atoms with van der Waals surface area (Å²) >= 11 is 4.80. The molecule has 0 bridgehead atoms. The number of aromatic nitrogens is 1. The molecule has 3 nitrogen and oxygen atoms in total. The van der Waals surface area contributed by atoms with Crippen LogP contribution in [0.4, 0.5) is 0 Å². The van der Waals surface area contributed by atoms with Gasteiger partial charge in [-0.25, -0.2) is 4.98 Å². The number of carboxylic acids is 1. The molecule has 2 rings (SSSR count). The smallest absolute Gasteiger partial charge is 0.307 e. The Morgan fingerprint density at radius 2 is 2.36 bits per heavy atom. The SMILES string of the molecule is O=C(O)Cc1ccc2nc(Br)sc2c1. The summed E-state index contributed by atoms with van der Waals surface area (Å²) in [5.41, 5.74) is 1.71. The maximum Gasteiger partial charge on any atom is 0.307 e. The second kappa shape index (κ2) is 3.67. The van der Waals surface area contributed by atoms with E-state index in [1.54, 1.807) is 6.07 Å². The van der Waals surface area contributed by atoms with Gasteiger partial charge < -0.3 is 5.11 Å². The van der Waals surface area contributed by atoms with Gasteiger partial charge in [0.25, 0.3) is 0 Å². The molecule has 0 saturated heterocycles. The third kappa shape index (κ3) is 1.93. The molecule has 1 heterocycles. The average molecular weight is 272 g/mol. The Labute approximate surface area is 92.5 Å². The maximum atomic E-state index is 10.5. The Hall–Kier alpha value is -0.940. The van der Waals surface area contributed by atoms with Gasteiger partial charge in [-0.05, 0) is 33.6 Å². The molecule has 0 aliphatic carbocycles. The standard InChI is InChI=1S/C9H6BrNO2S/c10-9-11-6-2-1-5(4-8(12)13)3-7(6)14-9/h1-3H,4H2,(H,12,13). The monoisotopic (exact) mass is 271 g/mol. The van der Waals surface area contributed by atoms with Crippen molar-refractivity contribution < 1.29 is 9.90 Å². The molecule has 0 saturated carbocycles. The number of hydrogen-bond donors (Lipinski definition) is 1. The Kier molecular flexibility index (Phi) is 2.52. The second-order valence-corrected chi connectivity index (χ2v) is 5.15. The van der Waals surface area contributed by atoms with Crippen molar-refractivity contribution in [2.75, 3.05) is 0 Å². The topological polar surface area (TPSA) is 50.2 Å². The van der Waals surface area contributed by atoms with E-state index in [1.165, 1.54) is 11.3 Å². The van der Waals surface area contributed by atoms with Crippen LogP contribution in [0.5, 0.6) is 0 Å². The van der Waals surface area contributed by atoms with E-state index in [2.05, 4.69) is 20.9 Å². The van der Waals surface area contributed by atoms with Crippen molar-refractivity contribution in [1.82, 2.24) is 4.98 Å². The van der Waals surface area contributed by atoms with Gasteiger partial charge in [-0.3, -0.25) is 4.79 Å². The lowest BCUT2D eigenvalue weighted by atomic mass is 10.1. The van der Waals surface area contributed by atoms with E-state index in [1.807, 2.05) is 12.1 Å². The number of hydrogen-bond acceptors (Lipinski definition) is 3.